The summed E-state index contributed by atoms with van der Waals surface area (Å²) in [7, 11) is 1.83. The molecule has 0 amide bonds. The largest absolute Gasteiger partial charge is 0.352 e. The smallest absolute Gasteiger partial charge is 0.191 e. The highest BCUT2D eigenvalue weighted by atomic mass is 32.1. The zero-order valence-electron chi connectivity index (χ0n) is 15.9. The molecule has 3 rings (SSSR count). The molecule has 1 aliphatic rings. The van der Waals surface area contributed by atoms with Crippen molar-refractivity contribution < 1.29 is 0 Å². The normalized spacial score (nSPS) is 15.8. The van der Waals surface area contributed by atoms with Crippen molar-refractivity contribution in [1.29, 1.82) is 0 Å². The van der Waals surface area contributed by atoms with Gasteiger partial charge in [-0.1, -0.05) is 30.7 Å². The maximum atomic E-state index is 4.36. The first-order valence-electron chi connectivity index (χ1n) is 9.53. The lowest BCUT2D eigenvalue weighted by molar-refractivity contribution is 0.220. The van der Waals surface area contributed by atoms with Crippen LogP contribution in [0.5, 0.6) is 0 Å². The fourth-order valence-electron chi connectivity index (χ4n) is 3.39. The predicted octanol–water partition coefficient (Wildman–Crippen LogP) is 3.91. The molecule has 2 heterocycles. The minimum Gasteiger partial charge on any atom is -0.352 e. The van der Waals surface area contributed by atoms with Crippen LogP contribution in [0.2, 0.25) is 0 Å². The predicted molar refractivity (Wildman–Crippen MR) is 112 cm³/mol. The molecule has 26 heavy (non-hydrogen) atoms. The lowest BCUT2D eigenvalue weighted by atomic mass is 10.0. The molecule has 1 aromatic heterocycles. The Labute approximate surface area is 161 Å². The van der Waals surface area contributed by atoms with Gasteiger partial charge in [-0.3, -0.25) is 9.89 Å². The molecular formula is C21H30N4S. The Kier molecular flexibility index (Phi) is 7.09. The van der Waals surface area contributed by atoms with Crippen molar-refractivity contribution in [3.63, 3.8) is 0 Å². The SMILES string of the molecule is CN=C(NCc1ccc(C)s1)NCc1ccccc1CN1CCCCC1. The Hall–Kier alpha value is -1.85. The van der Waals surface area contributed by atoms with Crippen molar-refractivity contribution in [3.8, 4) is 0 Å². The van der Waals surface area contributed by atoms with Gasteiger partial charge in [-0.05, 0) is 56.1 Å². The molecule has 0 unspecified atom stereocenters. The lowest BCUT2D eigenvalue weighted by Gasteiger charge is -2.27. The first-order chi connectivity index (χ1) is 12.7. The van der Waals surface area contributed by atoms with E-state index >= 15 is 0 Å². The van der Waals surface area contributed by atoms with E-state index in [1.54, 1.807) is 0 Å². The van der Waals surface area contributed by atoms with Crippen molar-refractivity contribution >= 4 is 17.3 Å². The Morgan fingerprint density at radius 2 is 1.73 bits per heavy atom. The Balaban J connectivity index is 1.54. The van der Waals surface area contributed by atoms with E-state index in [1.165, 1.54) is 53.2 Å². The summed E-state index contributed by atoms with van der Waals surface area (Å²) >= 11 is 1.83. The Morgan fingerprint density at radius 1 is 1.00 bits per heavy atom. The van der Waals surface area contributed by atoms with Gasteiger partial charge in [0.2, 0.25) is 0 Å². The van der Waals surface area contributed by atoms with Crippen LogP contribution in [-0.2, 0) is 19.6 Å². The van der Waals surface area contributed by atoms with Gasteiger partial charge >= 0.3 is 0 Å². The highest BCUT2D eigenvalue weighted by molar-refractivity contribution is 7.11. The minimum absolute atomic E-state index is 0.799. The maximum absolute atomic E-state index is 4.36. The third-order valence-electron chi connectivity index (χ3n) is 4.86. The zero-order valence-corrected chi connectivity index (χ0v) is 16.7. The summed E-state index contributed by atoms with van der Waals surface area (Å²) in [6.07, 6.45) is 4.05. The first-order valence-corrected chi connectivity index (χ1v) is 10.4. The van der Waals surface area contributed by atoms with Gasteiger partial charge in [-0.15, -0.1) is 11.3 Å². The molecular weight excluding hydrogens is 340 g/mol. The summed E-state index contributed by atoms with van der Waals surface area (Å²) in [6.45, 7) is 7.26. The van der Waals surface area contributed by atoms with E-state index in [2.05, 4.69) is 63.8 Å². The number of hydrogen-bond donors (Lipinski definition) is 2. The maximum Gasteiger partial charge on any atom is 0.191 e. The van der Waals surface area contributed by atoms with E-state index in [9.17, 15) is 0 Å². The number of nitrogens with one attached hydrogen (secondary N) is 2. The average molecular weight is 371 g/mol. The first kappa shape index (κ1) is 18.9. The third-order valence-corrected chi connectivity index (χ3v) is 5.86. The summed E-state index contributed by atoms with van der Waals surface area (Å²) in [5.41, 5.74) is 2.78. The van der Waals surface area contributed by atoms with E-state index in [1.807, 2.05) is 18.4 Å². The van der Waals surface area contributed by atoms with Crippen LogP contribution >= 0.6 is 11.3 Å². The molecule has 0 saturated carbocycles. The molecule has 1 saturated heterocycles. The van der Waals surface area contributed by atoms with Crippen LogP contribution in [0.15, 0.2) is 41.4 Å². The zero-order chi connectivity index (χ0) is 18.2. The minimum atomic E-state index is 0.799. The molecule has 0 bridgehead atoms. The van der Waals surface area contributed by atoms with Gasteiger partial charge < -0.3 is 10.6 Å². The van der Waals surface area contributed by atoms with Crippen molar-refractivity contribution in [1.82, 2.24) is 15.5 Å². The number of aliphatic imine (C=N–C) groups is 1. The van der Waals surface area contributed by atoms with Crippen molar-refractivity contribution in [2.45, 2.75) is 45.8 Å². The highest BCUT2D eigenvalue weighted by Gasteiger charge is 2.12. The topological polar surface area (TPSA) is 39.7 Å². The number of aryl methyl sites for hydroxylation is 1. The Morgan fingerprint density at radius 3 is 2.42 bits per heavy atom. The quantitative estimate of drug-likeness (QED) is 0.598. The van der Waals surface area contributed by atoms with Crippen LogP contribution in [0.4, 0.5) is 0 Å². The van der Waals surface area contributed by atoms with E-state index in [4.69, 9.17) is 0 Å². The van der Waals surface area contributed by atoms with Gasteiger partial charge in [0.25, 0.3) is 0 Å². The van der Waals surface area contributed by atoms with E-state index in [0.717, 1.165) is 25.6 Å². The summed E-state index contributed by atoms with van der Waals surface area (Å²) in [6, 6.07) is 13.1. The number of hydrogen-bond acceptors (Lipinski definition) is 3. The fraction of sp³-hybridized carbons (Fsp3) is 0.476. The van der Waals surface area contributed by atoms with E-state index < -0.39 is 0 Å². The van der Waals surface area contributed by atoms with E-state index in [-0.39, 0.29) is 0 Å². The summed E-state index contributed by atoms with van der Waals surface area (Å²) in [5.74, 6) is 0.851. The number of thiophene rings is 1. The molecule has 0 aliphatic carbocycles. The van der Waals surface area contributed by atoms with Crippen LogP contribution in [0.25, 0.3) is 0 Å². The van der Waals surface area contributed by atoms with Crippen LogP contribution in [0.3, 0.4) is 0 Å². The molecule has 0 radical (unpaired) electrons. The van der Waals surface area contributed by atoms with Gasteiger partial charge in [0.15, 0.2) is 5.96 Å². The van der Waals surface area contributed by atoms with Crippen LogP contribution < -0.4 is 10.6 Å². The standard InChI is InChI=1S/C21H30N4S/c1-17-10-11-20(26-17)15-24-21(22-2)23-14-18-8-4-5-9-19(18)16-25-12-6-3-7-13-25/h4-5,8-11H,3,6-7,12-16H2,1-2H3,(H2,22,23,24). The van der Waals surface area contributed by atoms with E-state index in [0.29, 0.717) is 0 Å². The monoisotopic (exact) mass is 370 g/mol. The second-order valence-electron chi connectivity index (χ2n) is 6.90. The Bertz CT molecular complexity index is 716. The van der Waals surface area contributed by atoms with Gasteiger partial charge in [-0.25, -0.2) is 0 Å². The molecule has 140 valence electrons. The summed E-state index contributed by atoms with van der Waals surface area (Å²) < 4.78 is 0. The molecule has 4 nitrogen and oxygen atoms in total. The average Bonchev–Trinajstić information content (AvgIpc) is 3.09. The highest BCUT2D eigenvalue weighted by Crippen LogP contribution is 2.16. The number of piperidine rings is 1. The van der Waals surface area contributed by atoms with Gasteiger partial charge in [-0.2, -0.15) is 0 Å². The molecule has 2 N–H and O–H groups in total. The second-order valence-corrected chi connectivity index (χ2v) is 8.27. The van der Waals surface area contributed by atoms with Gasteiger partial charge in [0, 0.05) is 29.9 Å². The summed E-state index contributed by atoms with van der Waals surface area (Å²) in [4.78, 5) is 9.61. The molecule has 5 heteroatoms. The summed E-state index contributed by atoms with van der Waals surface area (Å²) in [5, 5.41) is 6.87. The molecule has 1 aliphatic heterocycles. The third kappa shape index (κ3) is 5.58. The molecule has 1 fully saturated rings. The number of nitrogens with zero attached hydrogens (tertiary/aromatic N) is 2. The van der Waals surface area contributed by atoms with Crippen LogP contribution in [0, 0.1) is 6.92 Å². The molecule has 2 aromatic rings. The lowest BCUT2D eigenvalue weighted by Crippen LogP contribution is -2.36. The van der Waals surface area contributed by atoms with Crippen molar-refractivity contribution in [2.24, 2.45) is 4.99 Å². The van der Waals surface area contributed by atoms with Crippen LogP contribution in [-0.4, -0.2) is 31.0 Å². The molecule has 1 aromatic carbocycles. The fourth-order valence-corrected chi connectivity index (χ4v) is 4.22. The number of likely N-dealkylation sites (tertiary alicyclic amines) is 1. The number of rotatable bonds is 6. The van der Waals surface area contributed by atoms with Gasteiger partial charge in [0.1, 0.15) is 0 Å². The van der Waals surface area contributed by atoms with Crippen LogP contribution in [0.1, 0.15) is 40.1 Å². The second kappa shape index (κ2) is 9.74. The molecule has 0 atom stereocenters. The number of benzene rings is 1. The van der Waals surface area contributed by atoms with Crippen molar-refractivity contribution in [2.75, 3.05) is 20.1 Å². The number of guanidine groups is 1. The molecule has 0 spiro atoms. The van der Waals surface area contributed by atoms with Gasteiger partial charge in [0.05, 0.1) is 6.54 Å². The van der Waals surface area contributed by atoms with Crippen molar-refractivity contribution in [3.05, 3.63) is 57.3 Å².